The average molecular weight is 308 g/mol. The van der Waals surface area contributed by atoms with Crippen LogP contribution in [0, 0.1) is 6.92 Å². The number of hydrogen-bond acceptors (Lipinski definition) is 4. The minimum atomic E-state index is 0.555. The first-order valence-corrected chi connectivity index (χ1v) is 7.42. The van der Waals surface area contributed by atoms with Crippen molar-refractivity contribution < 1.29 is 0 Å². The molecule has 0 aliphatic rings. The van der Waals surface area contributed by atoms with Crippen molar-refractivity contribution in [3.8, 4) is 0 Å². The Balaban J connectivity index is 1.98. The third-order valence-corrected chi connectivity index (χ3v) is 3.84. The molecule has 0 aliphatic heterocycles. The monoisotopic (exact) mass is 307 g/mol. The number of imidazole rings is 1. The van der Waals surface area contributed by atoms with Crippen molar-refractivity contribution in [2.24, 2.45) is 14.1 Å². The predicted octanol–water partition coefficient (Wildman–Crippen LogP) is 1.23. The van der Waals surface area contributed by atoms with Crippen LogP contribution in [0.5, 0.6) is 0 Å². The van der Waals surface area contributed by atoms with Crippen molar-refractivity contribution in [3.63, 3.8) is 0 Å². The van der Waals surface area contributed by atoms with Gasteiger partial charge >= 0.3 is 0 Å². The fourth-order valence-electron chi connectivity index (χ4n) is 2.64. The van der Waals surface area contributed by atoms with Crippen molar-refractivity contribution >= 4 is 22.8 Å². The molecule has 8 heteroatoms. The van der Waals surface area contributed by atoms with E-state index in [-0.39, 0.29) is 0 Å². The van der Waals surface area contributed by atoms with Gasteiger partial charge in [0, 0.05) is 39.4 Å². The van der Waals surface area contributed by atoms with Crippen molar-refractivity contribution in [1.82, 2.24) is 34.1 Å². The number of nitrogens with zero attached hydrogens (tertiary/aromatic N) is 7. The summed E-state index contributed by atoms with van der Waals surface area (Å²) in [7, 11) is 3.90. The highest BCUT2D eigenvalue weighted by atomic mass is 35.5. The van der Waals surface area contributed by atoms with E-state index in [0.29, 0.717) is 5.88 Å². The Morgan fingerprint density at radius 1 is 1.19 bits per heavy atom. The quantitative estimate of drug-likeness (QED) is 0.665. The number of halogens is 1. The Morgan fingerprint density at radius 3 is 2.67 bits per heavy atom. The molecule has 21 heavy (non-hydrogen) atoms. The fraction of sp³-hybridized carbons (Fsp3) is 0.538. The maximum Gasteiger partial charge on any atom is 0.158 e. The van der Waals surface area contributed by atoms with Crippen LogP contribution in [0.25, 0.3) is 11.2 Å². The Hall–Kier alpha value is -1.89. The van der Waals surface area contributed by atoms with Gasteiger partial charge in [0.05, 0.1) is 5.69 Å². The summed E-state index contributed by atoms with van der Waals surface area (Å²) < 4.78 is 6.00. The summed E-state index contributed by atoms with van der Waals surface area (Å²) in [5.41, 5.74) is 2.94. The molecule has 0 spiro atoms. The number of alkyl halides is 1. The first-order valence-electron chi connectivity index (χ1n) is 6.89. The van der Waals surface area contributed by atoms with Crippen LogP contribution in [0.1, 0.15) is 17.3 Å². The van der Waals surface area contributed by atoms with Gasteiger partial charge in [-0.3, -0.25) is 4.68 Å². The standard InChI is InChI=1S/C13H18ClN7/c1-9-12-13(20(3)18-9)21(10(16-12)4-6-14)7-5-11-17-15-8-19(11)2/h8H,4-7H2,1-3H3. The van der Waals surface area contributed by atoms with Gasteiger partial charge in [0.25, 0.3) is 0 Å². The molecule has 3 rings (SSSR count). The topological polar surface area (TPSA) is 66.3 Å². The number of fused-ring (bicyclic) bond motifs is 1. The lowest BCUT2D eigenvalue weighted by Crippen LogP contribution is -2.11. The van der Waals surface area contributed by atoms with Gasteiger partial charge < -0.3 is 9.13 Å². The van der Waals surface area contributed by atoms with E-state index in [1.807, 2.05) is 30.3 Å². The van der Waals surface area contributed by atoms with Gasteiger partial charge in [0.15, 0.2) is 5.65 Å². The normalized spacial score (nSPS) is 11.6. The molecule has 112 valence electrons. The first kappa shape index (κ1) is 14.1. The second kappa shape index (κ2) is 5.48. The summed E-state index contributed by atoms with van der Waals surface area (Å²) in [5, 5.41) is 12.5. The highest BCUT2D eigenvalue weighted by Gasteiger charge is 2.17. The highest BCUT2D eigenvalue weighted by Crippen LogP contribution is 2.20. The molecule has 0 atom stereocenters. The molecule has 0 saturated heterocycles. The zero-order valence-electron chi connectivity index (χ0n) is 12.4. The largest absolute Gasteiger partial charge is 0.321 e. The molecule has 0 aromatic carbocycles. The van der Waals surface area contributed by atoms with Crippen LogP contribution in [-0.4, -0.2) is 40.0 Å². The molecule has 0 N–H and O–H groups in total. The molecule has 0 amide bonds. The molecule has 0 bridgehead atoms. The van der Waals surface area contributed by atoms with Gasteiger partial charge in [-0.25, -0.2) is 4.98 Å². The van der Waals surface area contributed by atoms with Crippen molar-refractivity contribution in [3.05, 3.63) is 23.7 Å². The SMILES string of the molecule is Cc1nn(C)c2c1nc(CCCl)n2CCc1nncn1C. The summed E-state index contributed by atoms with van der Waals surface area (Å²) in [4.78, 5) is 4.70. The zero-order valence-corrected chi connectivity index (χ0v) is 13.2. The van der Waals surface area contributed by atoms with Gasteiger partial charge in [-0.1, -0.05) is 0 Å². The minimum Gasteiger partial charge on any atom is -0.321 e. The van der Waals surface area contributed by atoms with Gasteiger partial charge in [0.1, 0.15) is 23.5 Å². The van der Waals surface area contributed by atoms with Crippen molar-refractivity contribution in [2.75, 3.05) is 5.88 Å². The molecule has 0 saturated carbocycles. The van der Waals surface area contributed by atoms with Gasteiger partial charge in [0.2, 0.25) is 0 Å². The van der Waals surface area contributed by atoms with Crippen LogP contribution in [0.4, 0.5) is 0 Å². The van der Waals surface area contributed by atoms with Gasteiger partial charge in [-0.2, -0.15) is 5.10 Å². The van der Waals surface area contributed by atoms with Crippen LogP contribution < -0.4 is 0 Å². The van der Waals surface area contributed by atoms with Crippen LogP contribution in [0.15, 0.2) is 6.33 Å². The highest BCUT2D eigenvalue weighted by molar-refractivity contribution is 6.17. The van der Waals surface area contributed by atoms with E-state index in [9.17, 15) is 0 Å². The summed E-state index contributed by atoms with van der Waals surface area (Å²) in [6.45, 7) is 2.76. The molecular weight excluding hydrogens is 290 g/mol. The van der Waals surface area contributed by atoms with Crippen LogP contribution in [0.2, 0.25) is 0 Å². The number of rotatable bonds is 5. The van der Waals surface area contributed by atoms with Gasteiger partial charge in [-0.05, 0) is 6.92 Å². The molecule has 0 fully saturated rings. The Labute approximate surface area is 127 Å². The molecule has 0 aliphatic carbocycles. The summed E-state index contributed by atoms with van der Waals surface area (Å²) in [6, 6.07) is 0. The molecule has 0 radical (unpaired) electrons. The maximum atomic E-state index is 5.90. The zero-order chi connectivity index (χ0) is 15.0. The number of aryl methyl sites for hydroxylation is 6. The first-order chi connectivity index (χ1) is 10.1. The third-order valence-electron chi connectivity index (χ3n) is 3.65. The predicted molar refractivity (Wildman–Crippen MR) is 80.4 cm³/mol. The maximum absolute atomic E-state index is 5.90. The van der Waals surface area contributed by atoms with E-state index in [2.05, 4.69) is 19.9 Å². The van der Waals surface area contributed by atoms with Gasteiger partial charge in [-0.15, -0.1) is 21.8 Å². The second-order valence-electron chi connectivity index (χ2n) is 5.11. The number of aromatic nitrogens is 7. The molecule has 3 aromatic rings. The van der Waals surface area contributed by atoms with E-state index in [0.717, 1.165) is 47.9 Å². The molecule has 7 nitrogen and oxygen atoms in total. The summed E-state index contributed by atoms with van der Waals surface area (Å²) in [5.74, 6) is 2.51. The van der Waals surface area contributed by atoms with E-state index in [1.165, 1.54) is 0 Å². The molecule has 3 heterocycles. The van der Waals surface area contributed by atoms with Crippen LogP contribution in [0.3, 0.4) is 0 Å². The minimum absolute atomic E-state index is 0.555. The molecule has 3 aromatic heterocycles. The average Bonchev–Trinajstić information content (AvgIpc) is 3.07. The fourth-order valence-corrected chi connectivity index (χ4v) is 2.80. The summed E-state index contributed by atoms with van der Waals surface area (Å²) in [6.07, 6.45) is 3.25. The lowest BCUT2D eigenvalue weighted by Gasteiger charge is -2.08. The molecular formula is C13H18ClN7. The van der Waals surface area contributed by atoms with Crippen molar-refractivity contribution in [2.45, 2.75) is 26.3 Å². The lowest BCUT2D eigenvalue weighted by atomic mass is 10.3. The van der Waals surface area contributed by atoms with Crippen LogP contribution in [-0.2, 0) is 33.5 Å². The number of hydrogen-bond donors (Lipinski definition) is 0. The smallest absolute Gasteiger partial charge is 0.158 e. The van der Waals surface area contributed by atoms with E-state index < -0.39 is 0 Å². The Bertz CT molecular complexity index is 767. The lowest BCUT2D eigenvalue weighted by molar-refractivity contribution is 0.615. The Morgan fingerprint density at radius 2 is 2.00 bits per heavy atom. The summed E-state index contributed by atoms with van der Waals surface area (Å²) >= 11 is 5.90. The Kier molecular flexibility index (Phi) is 3.67. The van der Waals surface area contributed by atoms with E-state index in [4.69, 9.17) is 16.6 Å². The van der Waals surface area contributed by atoms with Crippen molar-refractivity contribution in [1.29, 1.82) is 0 Å². The molecule has 0 unspecified atom stereocenters. The van der Waals surface area contributed by atoms with Crippen LogP contribution >= 0.6 is 11.6 Å². The van der Waals surface area contributed by atoms with E-state index in [1.54, 1.807) is 6.33 Å². The second-order valence-corrected chi connectivity index (χ2v) is 5.49. The third kappa shape index (κ3) is 2.42. The van der Waals surface area contributed by atoms with E-state index >= 15 is 0 Å².